The molecule has 4 fully saturated rings. The Morgan fingerprint density at radius 2 is 1.61 bits per heavy atom. The second kappa shape index (κ2) is 9.44. The molecule has 1 atom stereocenters. The molecule has 7 nitrogen and oxygen atoms in total. The van der Waals surface area contributed by atoms with Crippen LogP contribution < -0.4 is 0 Å². The van der Waals surface area contributed by atoms with Gasteiger partial charge in [-0.3, -0.25) is 4.79 Å². The highest BCUT2D eigenvalue weighted by Crippen LogP contribution is 2.30. The van der Waals surface area contributed by atoms with Gasteiger partial charge in [0, 0.05) is 51.2 Å². The SMILES string of the molecule is O=C(N1CCOCC1)N1CCCC(N(CCN2CCCC2)C(=O)C2CCC2)C1. The number of rotatable bonds is 5. The maximum absolute atomic E-state index is 13.2. The van der Waals surface area contributed by atoms with Gasteiger partial charge in [-0.15, -0.1) is 0 Å². The third-order valence-corrected chi connectivity index (χ3v) is 6.98. The molecular formula is C21H36N4O3. The van der Waals surface area contributed by atoms with Crippen LogP contribution in [0.5, 0.6) is 0 Å². The molecule has 4 aliphatic rings. The first-order chi connectivity index (χ1) is 13.7. The summed E-state index contributed by atoms with van der Waals surface area (Å²) in [7, 11) is 0. The van der Waals surface area contributed by atoms with Crippen LogP contribution in [0.25, 0.3) is 0 Å². The molecule has 1 aliphatic carbocycles. The summed E-state index contributed by atoms with van der Waals surface area (Å²) in [6.07, 6.45) is 7.83. The third-order valence-electron chi connectivity index (χ3n) is 6.98. The van der Waals surface area contributed by atoms with Gasteiger partial charge in [-0.2, -0.15) is 0 Å². The second-order valence-electron chi connectivity index (χ2n) is 8.83. The van der Waals surface area contributed by atoms with Crippen molar-refractivity contribution in [3.05, 3.63) is 0 Å². The van der Waals surface area contributed by atoms with E-state index >= 15 is 0 Å². The van der Waals surface area contributed by atoms with E-state index < -0.39 is 0 Å². The molecule has 3 amide bonds. The van der Waals surface area contributed by atoms with Gasteiger partial charge in [-0.05, 0) is 51.6 Å². The Labute approximate surface area is 168 Å². The Balaban J connectivity index is 1.38. The van der Waals surface area contributed by atoms with Gasteiger partial charge in [0.1, 0.15) is 0 Å². The lowest BCUT2D eigenvalue weighted by Crippen LogP contribution is -2.57. The number of morpholine rings is 1. The van der Waals surface area contributed by atoms with Crippen molar-refractivity contribution in [2.75, 3.05) is 65.6 Å². The molecule has 3 saturated heterocycles. The van der Waals surface area contributed by atoms with Gasteiger partial charge in [0.25, 0.3) is 0 Å². The molecule has 4 rings (SSSR count). The first kappa shape index (κ1) is 20.0. The van der Waals surface area contributed by atoms with Crippen LogP contribution in [0.3, 0.4) is 0 Å². The zero-order valence-electron chi connectivity index (χ0n) is 17.2. The molecule has 28 heavy (non-hydrogen) atoms. The Bertz CT molecular complexity index is 542. The molecule has 0 bridgehead atoms. The number of carbonyl (C=O) groups excluding carboxylic acids is 2. The van der Waals surface area contributed by atoms with Crippen LogP contribution in [0.4, 0.5) is 4.79 Å². The van der Waals surface area contributed by atoms with Crippen molar-refractivity contribution in [2.45, 2.75) is 51.0 Å². The fraction of sp³-hybridized carbons (Fsp3) is 0.905. The predicted molar refractivity (Wildman–Crippen MR) is 107 cm³/mol. The van der Waals surface area contributed by atoms with Crippen LogP contribution >= 0.6 is 0 Å². The number of hydrogen-bond acceptors (Lipinski definition) is 4. The van der Waals surface area contributed by atoms with Gasteiger partial charge in [0.2, 0.25) is 5.91 Å². The summed E-state index contributed by atoms with van der Waals surface area (Å²) in [5.41, 5.74) is 0. The predicted octanol–water partition coefficient (Wildman–Crippen LogP) is 1.63. The largest absolute Gasteiger partial charge is 0.378 e. The molecule has 0 radical (unpaired) electrons. The summed E-state index contributed by atoms with van der Waals surface area (Å²) in [6, 6.07) is 0.304. The van der Waals surface area contributed by atoms with Crippen molar-refractivity contribution in [1.82, 2.24) is 19.6 Å². The maximum atomic E-state index is 13.2. The average molecular weight is 393 g/mol. The van der Waals surface area contributed by atoms with Gasteiger partial charge < -0.3 is 24.3 Å². The third kappa shape index (κ3) is 4.62. The minimum atomic E-state index is 0.128. The van der Waals surface area contributed by atoms with E-state index in [1.165, 1.54) is 19.3 Å². The van der Waals surface area contributed by atoms with E-state index in [2.05, 4.69) is 9.80 Å². The Hall–Kier alpha value is -1.34. The highest BCUT2D eigenvalue weighted by Gasteiger charge is 2.36. The zero-order chi connectivity index (χ0) is 19.3. The van der Waals surface area contributed by atoms with Crippen molar-refractivity contribution < 1.29 is 14.3 Å². The van der Waals surface area contributed by atoms with Gasteiger partial charge in [-0.1, -0.05) is 6.42 Å². The normalized spacial score (nSPS) is 26.9. The van der Waals surface area contributed by atoms with Crippen molar-refractivity contribution in [3.63, 3.8) is 0 Å². The summed E-state index contributed by atoms with van der Waals surface area (Å²) in [5.74, 6) is 0.569. The van der Waals surface area contributed by atoms with Crippen LogP contribution in [-0.4, -0.2) is 103 Å². The van der Waals surface area contributed by atoms with Crippen LogP contribution in [0, 0.1) is 5.92 Å². The lowest BCUT2D eigenvalue weighted by atomic mass is 9.83. The minimum absolute atomic E-state index is 0.128. The molecule has 0 aromatic carbocycles. The highest BCUT2D eigenvalue weighted by atomic mass is 16.5. The molecular weight excluding hydrogens is 356 g/mol. The van der Waals surface area contributed by atoms with Gasteiger partial charge in [-0.25, -0.2) is 4.79 Å². The van der Waals surface area contributed by atoms with E-state index in [0.717, 1.165) is 58.4 Å². The van der Waals surface area contributed by atoms with Crippen LogP contribution in [0.2, 0.25) is 0 Å². The molecule has 3 heterocycles. The smallest absolute Gasteiger partial charge is 0.320 e. The summed E-state index contributed by atoms with van der Waals surface area (Å²) >= 11 is 0. The Morgan fingerprint density at radius 3 is 2.29 bits per heavy atom. The van der Waals surface area contributed by atoms with Crippen LogP contribution in [-0.2, 0) is 9.53 Å². The van der Waals surface area contributed by atoms with Gasteiger partial charge in [0.15, 0.2) is 0 Å². The molecule has 0 spiro atoms. The van der Waals surface area contributed by atoms with E-state index in [9.17, 15) is 9.59 Å². The zero-order valence-corrected chi connectivity index (χ0v) is 17.2. The number of piperidine rings is 1. The average Bonchev–Trinajstić information content (AvgIpc) is 3.21. The summed E-state index contributed by atoms with van der Waals surface area (Å²) in [4.78, 5) is 34.7. The molecule has 0 N–H and O–H groups in total. The lowest BCUT2D eigenvalue weighted by molar-refractivity contribution is -0.141. The Kier molecular flexibility index (Phi) is 6.73. The van der Waals surface area contributed by atoms with E-state index in [1.54, 1.807) is 0 Å². The topological polar surface area (TPSA) is 56.3 Å². The summed E-state index contributed by atoms with van der Waals surface area (Å²) in [5, 5.41) is 0. The standard InChI is InChI=1S/C21H36N4O3/c26-20(18-5-3-6-18)25(12-11-22-8-1-2-9-22)19-7-4-10-24(17-19)21(27)23-13-15-28-16-14-23/h18-19H,1-17H2. The first-order valence-corrected chi connectivity index (χ1v) is 11.4. The molecule has 7 heteroatoms. The molecule has 1 saturated carbocycles. The number of ether oxygens (including phenoxy) is 1. The monoisotopic (exact) mass is 392 g/mol. The van der Waals surface area contributed by atoms with Crippen LogP contribution in [0.1, 0.15) is 44.9 Å². The van der Waals surface area contributed by atoms with Crippen molar-refractivity contribution >= 4 is 11.9 Å². The number of carbonyl (C=O) groups is 2. The number of amides is 3. The second-order valence-corrected chi connectivity index (χ2v) is 8.83. The maximum Gasteiger partial charge on any atom is 0.320 e. The molecule has 3 aliphatic heterocycles. The molecule has 0 aromatic heterocycles. The van der Waals surface area contributed by atoms with E-state index in [1.807, 2.05) is 9.80 Å². The highest BCUT2D eigenvalue weighted by molar-refractivity contribution is 5.80. The van der Waals surface area contributed by atoms with Crippen LogP contribution in [0.15, 0.2) is 0 Å². The fourth-order valence-corrected chi connectivity index (χ4v) is 4.96. The fourth-order valence-electron chi connectivity index (χ4n) is 4.96. The molecule has 158 valence electrons. The first-order valence-electron chi connectivity index (χ1n) is 11.4. The number of hydrogen-bond donors (Lipinski definition) is 0. The molecule has 0 aromatic rings. The number of likely N-dealkylation sites (tertiary alicyclic amines) is 2. The van der Waals surface area contributed by atoms with Crippen molar-refractivity contribution in [1.29, 1.82) is 0 Å². The van der Waals surface area contributed by atoms with E-state index in [-0.39, 0.29) is 18.0 Å². The quantitative estimate of drug-likeness (QED) is 0.714. The summed E-state index contributed by atoms with van der Waals surface area (Å²) in [6.45, 7) is 8.25. The number of urea groups is 1. The van der Waals surface area contributed by atoms with E-state index in [0.29, 0.717) is 38.8 Å². The van der Waals surface area contributed by atoms with E-state index in [4.69, 9.17) is 4.74 Å². The minimum Gasteiger partial charge on any atom is -0.378 e. The summed E-state index contributed by atoms with van der Waals surface area (Å²) < 4.78 is 5.38. The lowest BCUT2D eigenvalue weighted by Gasteiger charge is -2.43. The van der Waals surface area contributed by atoms with Crippen molar-refractivity contribution in [3.8, 4) is 0 Å². The van der Waals surface area contributed by atoms with Gasteiger partial charge >= 0.3 is 6.03 Å². The number of nitrogens with zero attached hydrogens (tertiary/aromatic N) is 4. The van der Waals surface area contributed by atoms with Gasteiger partial charge in [0.05, 0.1) is 13.2 Å². The molecule has 1 unspecified atom stereocenters. The van der Waals surface area contributed by atoms with Crippen molar-refractivity contribution in [2.24, 2.45) is 5.92 Å². The Morgan fingerprint density at radius 1 is 0.857 bits per heavy atom.